The van der Waals surface area contributed by atoms with E-state index in [1.165, 1.54) is 30.5 Å². The van der Waals surface area contributed by atoms with Crippen LogP contribution < -0.4 is 5.32 Å². The Balaban J connectivity index is 2.13. The summed E-state index contributed by atoms with van der Waals surface area (Å²) >= 11 is 0. The maximum atomic E-state index is 11.9. The van der Waals surface area contributed by atoms with Gasteiger partial charge in [-0.05, 0) is 29.8 Å². The first-order valence-corrected chi connectivity index (χ1v) is 5.72. The number of nitro benzene ring substituents is 1. The topological polar surface area (TPSA) is 105 Å². The first-order chi connectivity index (χ1) is 9.60. The molecule has 20 heavy (non-hydrogen) atoms. The molecule has 0 aliphatic carbocycles. The smallest absolute Gasteiger partial charge is 0.269 e. The summed E-state index contributed by atoms with van der Waals surface area (Å²) in [6.07, 6.45) is 1.47. The molecule has 1 aromatic carbocycles. The molecule has 0 radical (unpaired) electrons. The van der Waals surface area contributed by atoms with Crippen LogP contribution in [0.4, 0.5) is 11.5 Å². The fourth-order valence-electron chi connectivity index (χ4n) is 1.56. The number of nitro groups is 1. The molecule has 0 saturated heterocycles. The third-order valence-electron chi connectivity index (χ3n) is 2.59. The first-order valence-electron chi connectivity index (χ1n) is 5.72. The molecule has 2 rings (SSSR count). The first kappa shape index (κ1) is 13.6. The van der Waals surface area contributed by atoms with Crippen molar-refractivity contribution in [2.75, 3.05) is 5.32 Å². The molecule has 7 heteroatoms. The third-order valence-corrected chi connectivity index (χ3v) is 2.59. The van der Waals surface area contributed by atoms with Crippen molar-refractivity contribution in [3.05, 3.63) is 63.8 Å². The van der Waals surface area contributed by atoms with Gasteiger partial charge >= 0.3 is 0 Å². The number of carbonyl (C=O) groups excluding carboxylic acids is 1. The Bertz CT molecular complexity index is 640. The van der Waals surface area contributed by atoms with Gasteiger partial charge < -0.3 is 10.4 Å². The molecule has 0 spiro atoms. The Morgan fingerprint density at radius 1 is 1.30 bits per heavy atom. The van der Waals surface area contributed by atoms with E-state index < -0.39 is 10.8 Å². The van der Waals surface area contributed by atoms with E-state index in [1.807, 2.05) is 0 Å². The standard InChI is InChI=1S/C13H11N3O4/c17-8-9-5-6-14-12(7-9)15-13(18)10-1-3-11(4-2-10)16(19)20/h1-7,17H,8H2,(H,14,15,18). The van der Waals surface area contributed by atoms with Gasteiger partial charge in [0.05, 0.1) is 11.5 Å². The normalized spacial score (nSPS) is 10.1. The highest BCUT2D eigenvalue weighted by Gasteiger charge is 2.10. The summed E-state index contributed by atoms with van der Waals surface area (Å²) in [6.45, 7) is -0.150. The van der Waals surface area contributed by atoms with Crippen LogP contribution in [0.15, 0.2) is 42.6 Å². The van der Waals surface area contributed by atoms with Gasteiger partial charge in [-0.25, -0.2) is 4.98 Å². The van der Waals surface area contributed by atoms with E-state index in [0.717, 1.165) is 0 Å². The molecule has 1 heterocycles. The highest BCUT2D eigenvalue weighted by atomic mass is 16.6. The minimum atomic E-state index is -0.534. The highest BCUT2D eigenvalue weighted by molar-refractivity contribution is 6.03. The van der Waals surface area contributed by atoms with Gasteiger partial charge in [0.1, 0.15) is 5.82 Å². The zero-order valence-electron chi connectivity index (χ0n) is 10.3. The molecule has 7 nitrogen and oxygen atoms in total. The van der Waals surface area contributed by atoms with Gasteiger partial charge in [0, 0.05) is 23.9 Å². The highest BCUT2D eigenvalue weighted by Crippen LogP contribution is 2.13. The summed E-state index contributed by atoms with van der Waals surface area (Å²) in [5.41, 5.74) is 0.827. The van der Waals surface area contributed by atoms with Gasteiger partial charge in [-0.2, -0.15) is 0 Å². The maximum absolute atomic E-state index is 11.9. The Morgan fingerprint density at radius 3 is 2.60 bits per heavy atom. The van der Waals surface area contributed by atoms with E-state index >= 15 is 0 Å². The third kappa shape index (κ3) is 3.15. The van der Waals surface area contributed by atoms with Crippen molar-refractivity contribution in [3.8, 4) is 0 Å². The van der Waals surface area contributed by atoms with E-state index in [1.54, 1.807) is 12.1 Å². The van der Waals surface area contributed by atoms with Gasteiger partial charge in [-0.1, -0.05) is 0 Å². The molecule has 0 bridgehead atoms. The average molecular weight is 273 g/mol. The Kier molecular flexibility index (Phi) is 4.02. The number of hydrogen-bond donors (Lipinski definition) is 2. The summed E-state index contributed by atoms with van der Waals surface area (Å²) in [4.78, 5) is 25.8. The number of carbonyl (C=O) groups is 1. The largest absolute Gasteiger partial charge is 0.392 e. The van der Waals surface area contributed by atoms with Gasteiger partial charge in [-0.15, -0.1) is 0 Å². The van der Waals surface area contributed by atoms with Crippen molar-refractivity contribution >= 4 is 17.4 Å². The predicted molar refractivity (Wildman–Crippen MR) is 71.2 cm³/mol. The SMILES string of the molecule is O=C(Nc1cc(CO)ccn1)c1ccc([N+](=O)[O-])cc1. The molecule has 0 atom stereocenters. The van der Waals surface area contributed by atoms with Crippen LogP contribution in [0.3, 0.4) is 0 Å². The van der Waals surface area contributed by atoms with Crippen LogP contribution in [0.1, 0.15) is 15.9 Å². The second kappa shape index (κ2) is 5.89. The molecule has 0 unspecified atom stereocenters. The molecular formula is C13H11N3O4. The number of hydrogen-bond acceptors (Lipinski definition) is 5. The van der Waals surface area contributed by atoms with E-state index in [9.17, 15) is 14.9 Å². The van der Waals surface area contributed by atoms with Crippen LogP contribution in [0, 0.1) is 10.1 Å². The lowest BCUT2D eigenvalue weighted by Crippen LogP contribution is -2.13. The van der Waals surface area contributed by atoms with Crippen molar-refractivity contribution < 1.29 is 14.8 Å². The van der Waals surface area contributed by atoms with Crippen molar-refractivity contribution in [3.63, 3.8) is 0 Å². The average Bonchev–Trinajstić information content (AvgIpc) is 2.47. The molecule has 2 N–H and O–H groups in total. The van der Waals surface area contributed by atoms with Crippen LogP contribution in [0.2, 0.25) is 0 Å². The maximum Gasteiger partial charge on any atom is 0.269 e. The summed E-state index contributed by atoms with van der Waals surface area (Å²) in [6, 6.07) is 8.41. The monoisotopic (exact) mass is 273 g/mol. The lowest BCUT2D eigenvalue weighted by molar-refractivity contribution is -0.384. The summed E-state index contributed by atoms with van der Waals surface area (Å²) in [5.74, 6) is -0.123. The number of non-ortho nitro benzene ring substituents is 1. The number of nitrogens with zero attached hydrogens (tertiary/aromatic N) is 2. The Morgan fingerprint density at radius 2 is 2.00 bits per heavy atom. The number of aliphatic hydroxyl groups excluding tert-OH is 1. The van der Waals surface area contributed by atoms with E-state index in [-0.39, 0.29) is 17.9 Å². The molecule has 0 aliphatic heterocycles. The van der Waals surface area contributed by atoms with Crippen molar-refractivity contribution in [2.24, 2.45) is 0 Å². The fraction of sp³-hybridized carbons (Fsp3) is 0.0769. The lowest BCUT2D eigenvalue weighted by atomic mass is 10.2. The lowest BCUT2D eigenvalue weighted by Gasteiger charge is -2.05. The molecular weight excluding hydrogens is 262 g/mol. The van der Waals surface area contributed by atoms with Gasteiger partial charge in [-0.3, -0.25) is 14.9 Å². The van der Waals surface area contributed by atoms with Gasteiger partial charge in [0.25, 0.3) is 11.6 Å². The van der Waals surface area contributed by atoms with Gasteiger partial charge in [0.15, 0.2) is 0 Å². The summed E-state index contributed by atoms with van der Waals surface area (Å²) < 4.78 is 0. The van der Waals surface area contributed by atoms with Crippen LogP contribution in [0.25, 0.3) is 0 Å². The predicted octanol–water partition coefficient (Wildman–Crippen LogP) is 1.73. The van der Waals surface area contributed by atoms with Crippen molar-refractivity contribution in [1.29, 1.82) is 0 Å². The Hall–Kier alpha value is -2.80. The summed E-state index contributed by atoms with van der Waals surface area (Å²) in [7, 11) is 0. The second-order valence-electron chi connectivity index (χ2n) is 3.97. The van der Waals surface area contributed by atoms with Crippen molar-refractivity contribution in [1.82, 2.24) is 4.98 Å². The minimum absolute atomic E-state index is 0.0815. The van der Waals surface area contributed by atoms with Crippen LogP contribution >= 0.6 is 0 Å². The number of amides is 1. The zero-order valence-corrected chi connectivity index (χ0v) is 10.3. The molecule has 1 amide bonds. The van der Waals surface area contributed by atoms with Crippen LogP contribution in [-0.2, 0) is 6.61 Å². The van der Waals surface area contributed by atoms with Crippen molar-refractivity contribution in [2.45, 2.75) is 6.61 Å². The number of anilines is 1. The van der Waals surface area contributed by atoms with Crippen LogP contribution in [0.5, 0.6) is 0 Å². The summed E-state index contributed by atoms with van der Waals surface area (Å²) in [5, 5.41) is 22.1. The Labute approximate surface area is 114 Å². The minimum Gasteiger partial charge on any atom is -0.392 e. The fourth-order valence-corrected chi connectivity index (χ4v) is 1.56. The number of aromatic nitrogens is 1. The second-order valence-corrected chi connectivity index (χ2v) is 3.97. The molecule has 1 aromatic heterocycles. The van der Waals surface area contributed by atoms with Crippen LogP contribution in [-0.4, -0.2) is 20.9 Å². The van der Waals surface area contributed by atoms with E-state index in [4.69, 9.17) is 5.11 Å². The quantitative estimate of drug-likeness (QED) is 0.652. The zero-order chi connectivity index (χ0) is 14.5. The van der Waals surface area contributed by atoms with E-state index in [0.29, 0.717) is 11.4 Å². The van der Waals surface area contributed by atoms with E-state index in [2.05, 4.69) is 10.3 Å². The number of nitrogens with one attached hydrogen (secondary N) is 1. The molecule has 0 aliphatic rings. The number of rotatable bonds is 4. The number of aliphatic hydroxyl groups is 1. The number of benzene rings is 1. The molecule has 0 saturated carbocycles. The number of pyridine rings is 1. The molecule has 102 valence electrons. The van der Waals surface area contributed by atoms with Gasteiger partial charge in [0.2, 0.25) is 0 Å². The molecule has 2 aromatic rings. The molecule has 0 fully saturated rings.